The molecule has 0 amide bonds. The van der Waals surface area contributed by atoms with Crippen molar-refractivity contribution < 1.29 is 4.42 Å². The summed E-state index contributed by atoms with van der Waals surface area (Å²) < 4.78 is 7.50. The highest BCUT2D eigenvalue weighted by atomic mass is 32.1. The van der Waals surface area contributed by atoms with Crippen molar-refractivity contribution >= 4 is 12.2 Å². The normalized spacial score (nSPS) is 17.9. The Labute approximate surface area is 151 Å². The molecule has 1 atom stereocenters. The SMILES string of the molecule is Cc1ccc(-c2nn(CN3CCCC3c3cccnc3)c(=S)o2)cc1. The summed E-state index contributed by atoms with van der Waals surface area (Å²) in [5.41, 5.74) is 3.40. The molecule has 1 aromatic carbocycles. The summed E-state index contributed by atoms with van der Waals surface area (Å²) in [7, 11) is 0. The quantitative estimate of drug-likeness (QED) is 0.653. The number of likely N-dealkylation sites (tertiary alicyclic amines) is 1. The van der Waals surface area contributed by atoms with Crippen LogP contribution in [0.25, 0.3) is 11.5 Å². The lowest BCUT2D eigenvalue weighted by Crippen LogP contribution is -2.26. The molecule has 3 heterocycles. The predicted octanol–water partition coefficient (Wildman–Crippen LogP) is 4.37. The lowest BCUT2D eigenvalue weighted by molar-refractivity contribution is 0.187. The van der Waals surface area contributed by atoms with Crippen LogP contribution in [0.5, 0.6) is 0 Å². The molecule has 6 heteroatoms. The zero-order valence-electron chi connectivity index (χ0n) is 14.1. The first-order valence-electron chi connectivity index (χ1n) is 8.50. The first-order valence-corrected chi connectivity index (χ1v) is 8.90. The van der Waals surface area contributed by atoms with Crippen LogP contribution in [0.3, 0.4) is 0 Å². The molecule has 1 fully saturated rings. The van der Waals surface area contributed by atoms with Crippen molar-refractivity contribution in [2.45, 2.75) is 32.5 Å². The number of aryl methyl sites for hydroxylation is 1. The highest BCUT2D eigenvalue weighted by Gasteiger charge is 2.27. The van der Waals surface area contributed by atoms with E-state index in [2.05, 4.69) is 28.0 Å². The molecule has 1 saturated heterocycles. The fraction of sp³-hybridized carbons (Fsp3) is 0.316. The summed E-state index contributed by atoms with van der Waals surface area (Å²) in [4.78, 5) is 7.04. The smallest absolute Gasteiger partial charge is 0.288 e. The van der Waals surface area contributed by atoms with Gasteiger partial charge in [0.25, 0.3) is 4.84 Å². The average Bonchev–Trinajstić information content (AvgIpc) is 3.24. The molecule has 4 rings (SSSR count). The number of hydrogen-bond donors (Lipinski definition) is 0. The van der Waals surface area contributed by atoms with Gasteiger partial charge in [0.15, 0.2) is 0 Å². The van der Waals surface area contributed by atoms with Crippen LogP contribution in [0.15, 0.2) is 53.2 Å². The van der Waals surface area contributed by atoms with Gasteiger partial charge in [0.2, 0.25) is 5.89 Å². The lowest BCUT2D eigenvalue weighted by atomic mass is 10.1. The van der Waals surface area contributed by atoms with Gasteiger partial charge in [-0.1, -0.05) is 23.8 Å². The van der Waals surface area contributed by atoms with Crippen LogP contribution >= 0.6 is 12.2 Å². The largest absolute Gasteiger partial charge is 0.409 e. The van der Waals surface area contributed by atoms with E-state index in [1.165, 1.54) is 11.1 Å². The Balaban J connectivity index is 1.56. The highest BCUT2D eigenvalue weighted by molar-refractivity contribution is 7.71. The van der Waals surface area contributed by atoms with Gasteiger partial charge < -0.3 is 4.42 Å². The van der Waals surface area contributed by atoms with Gasteiger partial charge in [-0.25, -0.2) is 4.68 Å². The highest BCUT2D eigenvalue weighted by Crippen LogP contribution is 2.32. The summed E-state index contributed by atoms with van der Waals surface area (Å²) in [6.45, 7) is 3.71. The number of aromatic nitrogens is 3. The van der Waals surface area contributed by atoms with Crippen LogP contribution in [0.4, 0.5) is 0 Å². The van der Waals surface area contributed by atoms with Crippen LogP contribution < -0.4 is 0 Å². The summed E-state index contributed by atoms with van der Waals surface area (Å²) in [6.07, 6.45) is 6.05. The van der Waals surface area contributed by atoms with Crippen molar-refractivity contribution in [3.05, 3.63) is 64.8 Å². The second-order valence-electron chi connectivity index (χ2n) is 6.44. The first-order chi connectivity index (χ1) is 12.2. The molecule has 0 saturated carbocycles. The standard InChI is InChI=1S/C19H20N4OS/c1-14-6-8-15(9-7-14)18-21-23(19(25)24-18)13-22-11-3-5-17(22)16-4-2-10-20-12-16/h2,4,6-10,12,17H,3,5,11,13H2,1H3. The molecule has 25 heavy (non-hydrogen) atoms. The molecule has 1 aliphatic heterocycles. The number of benzene rings is 1. The van der Waals surface area contributed by atoms with E-state index < -0.39 is 0 Å². The molecule has 0 spiro atoms. The fourth-order valence-corrected chi connectivity index (χ4v) is 3.50. The minimum atomic E-state index is 0.357. The zero-order valence-corrected chi connectivity index (χ0v) is 14.9. The van der Waals surface area contributed by atoms with Crippen molar-refractivity contribution in [1.82, 2.24) is 19.7 Å². The molecule has 0 bridgehead atoms. The molecular weight excluding hydrogens is 332 g/mol. The fourth-order valence-electron chi connectivity index (χ4n) is 3.33. The number of hydrogen-bond acceptors (Lipinski definition) is 5. The molecule has 5 nitrogen and oxygen atoms in total. The van der Waals surface area contributed by atoms with Gasteiger partial charge in [-0.3, -0.25) is 9.88 Å². The second kappa shape index (κ2) is 6.90. The van der Waals surface area contributed by atoms with E-state index in [9.17, 15) is 0 Å². The van der Waals surface area contributed by atoms with Crippen LogP contribution in [-0.4, -0.2) is 26.2 Å². The Morgan fingerprint density at radius 1 is 1.24 bits per heavy atom. The maximum absolute atomic E-state index is 5.72. The van der Waals surface area contributed by atoms with Gasteiger partial charge in [-0.05, 0) is 55.7 Å². The zero-order chi connectivity index (χ0) is 17.2. The van der Waals surface area contributed by atoms with E-state index in [4.69, 9.17) is 16.6 Å². The summed E-state index contributed by atoms with van der Waals surface area (Å²) >= 11 is 5.38. The molecule has 128 valence electrons. The minimum Gasteiger partial charge on any atom is -0.409 e. The van der Waals surface area contributed by atoms with Crippen LogP contribution in [-0.2, 0) is 6.67 Å². The molecule has 0 aliphatic carbocycles. The molecule has 2 aromatic heterocycles. The molecule has 0 radical (unpaired) electrons. The number of pyridine rings is 1. The van der Waals surface area contributed by atoms with Gasteiger partial charge in [0.05, 0.1) is 6.67 Å². The van der Waals surface area contributed by atoms with Crippen LogP contribution in [0, 0.1) is 11.8 Å². The molecular formula is C19H20N4OS. The van der Waals surface area contributed by atoms with Gasteiger partial charge >= 0.3 is 0 Å². The Morgan fingerprint density at radius 2 is 2.08 bits per heavy atom. The van der Waals surface area contributed by atoms with Gasteiger partial charge in [-0.15, -0.1) is 5.10 Å². The Morgan fingerprint density at radius 3 is 2.84 bits per heavy atom. The third-order valence-electron chi connectivity index (χ3n) is 4.65. The van der Waals surface area contributed by atoms with Crippen LogP contribution in [0.2, 0.25) is 0 Å². The topological polar surface area (TPSA) is 47.1 Å². The van der Waals surface area contributed by atoms with Crippen molar-refractivity contribution in [1.29, 1.82) is 0 Å². The summed E-state index contributed by atoms with van der Waals surface area (Å²) in [5, 5.41) is 4.59. The maximum Gasteiger partial charge on any atom is 0.288 e. The number of rotatable bonds is 4. The van der Waals surface area contributed by atoms with Gasteiger partial charge in [-0.2, -0.15) is 0 Å². The Kier molecular flexibility index (Phi) is 4.46. The van der Waals surface area contributed by atoms with E-state index in [0.717, 1.165) is 24.9 Å². The Bertz CT molecular complexity index is 901. The van der Waals surface area contributed by atoms with Crippen molar-refractivity contribution in [3.63, 3.8) is 0 Å². The summed E-state index contributed by atoms with van der Waals surface area (Å²) in [6, 6.07) is 12.6. The van der Waals surface area contributed by atoms with Crippen molar-refractivity contribution in [3.8, 4) is 11.5 Å². The van der Waals surface area contributed by atoms with E-state index in [-0.39, 0.29) is 0 Å². The van der Waals surface area contributed by atoms with Gasteiger partial charge in [0, 0.05) is 30.5 Å². The molecule has 0 N–H and O–H groups in total. The first kappa shape index (κ1) is 16.2. The maximum atomic E-state index is 5.72. The van der Waals surface area contributed by atoms with E-state index in [1.807, 2.05) is 42.7 Å². The predicted molar refractivity (Wildman–Crippen MR) is 98.4 cm³/mol. The third kappa shape index (κ3) is 3.41. The van der Waals surface area contributed by atoms with Crippen LogP contribution in [0.1, 0.15) is 30.0 Å². The minimum absolute atomic E-state index is 0.357. The average molecular weight is 352 g/mol. The molecule has 1 unspecified atom stereocenters. The lowest BCUT2D eigenvalue weighted by Gasteiger charge is -2.23. The molecule has 1 aliphatic rings. The van der Waals surface area contributed by atoms with Gasteiger partial charge in [0.1, 0.15) is 0 Å². The van der Waals surface area contributed by atoms with E-state index >= 15 is 0 Å². The third-order valence-corrected chi connectivity index (χ3v) is 4.95. The monoisotopic (exact) mass is 352 g/mol. The molecule has 3 aromatic rings. The van der Waals surface area contributed by atoms with Crippen molar-refractivity contribution in [2.24, 2.45) is 0 Å². The Hall–Kier alpha value is -2.31. The van der Waals surface area contributed by atoms with Crippen molar-refractivity contribution in [2.75, 3.05) is 6.54 Å². The van der Waals surface area contributed by atoms with E-state index in [1.54, 1.807) is 4.68 Å². The second-order valence-corrected chi connectivity index (χ2v) is 6.79. The van der Waals surface area contributed by atoms with E-state index in [0.29, 0.717) is 23.4 Å². The number of nitrogens with zero attached hydrogens (tertiary/aromatic N) is 4. The summed E-state index contributed by atoms with van der Waals surface area (Å²) in [5.74, 6) is 0.571.